The van der Waals surface area contributed by atoms with Crippen LogP contribution in [0.15, 0.2) is 0 Å². The molecular weight excluding hydrogens is 546 g/mol. The Kier molecular flexibility index (Phi) is 26.3. The van der Waals surface area contributed by atoms with E-state index in [1.165, 1.54) is 11.8 Å². The first-order chi connectivity index (χ1) is 11.9. The Hall–Kier alpha value is 1.04. The molecule has 0 N–H and O–H groups in total. The third-order valence-electron chi connectivity index (χ3n) is 2.91. The Balaban J connectivity index is -0.000000326. The normalized spacial score (nSPS) is 17.9. The first kappa shape index (κ1) is 32.7. The van der Waals surface area contributed by atoms with Crippen molar-refractivity contribution < 1.29 is 66.7 Å². The standard InChI is InChI=1S/2C9H11O.H2O4S.2Ru/c2*10-8-4-7-9-5-2-1-3-6-9;1-5(2,3)4;;/h2*1-3,5-6H,4,7-8H2;(H2,1,2,3,4);;/q2*-1;;2*+2/p-2. The fourth-order valence-electron chi connectivity index (χ4n) is 1.84. The smallest absolute Gasteiger partial charge is 0.854 e. The summed E-state index contributed by atoms with van der Waals surface area (Å²) in [5.41, 5.74) is 0. The second-order valence-electron chi connectivity index (χ2n) is 4.99. The molecule has 0 saturated heterocycles. The van der Waals surface area contributed by atoms with Gasteiger partial charge in [0.2, 0.25) is 0 Å². The summed E-state index contributed by atoms with van der Waals surface area (Å²) >= 11 is 0. The molecule has 0 unspecified atom stereocenters. The Bertz CT molecular complexity index is 353. The maximum absolute atomic E-state index is 10.1. The van der Waals surface area contributed by atoms with Crippen LogP contribution >= 0.6 is 0 Å². The molecule has 2 rings (SSSR count). The van der Waals surface area contributed by atoms with Crippen LogP contribution in [-0.4, -0.2) is 30.7 Å². The fraction of sp³-hybridized carbons (Fsp3) is 0.333. The van der Waals surface area contributed by atoms with Crippen molar-refractivity contribution in [2.45, 2.75) is 25.7 Å². The van der Waals surface area contributed by atoms with Gasteiger partial charge >= 0.3 is 39.0 Å². The summed E-state index contributed by atoms with van der Waals surface area (Å²) < 4.78 is 34.1. The van der Waals surface area contributed by atoms with Gasteiger partial charge in [-0.3, -0.25) is 8.42 Å². The van der Waals surface area contributed by atoms with Crippen LogP contribution in [0.4, 0.5) is 0 Å². The van der Waals surface area contributed by atoms with E-state index in [4.69, 9.17) is 17.5 Å². The van der Waals surface area contributed by atoms with E-state index < -0.39 is 10.4 Å². The minimum Gasteiger partial charge on any atom is -0.854 e. The Labute approximate surface area is 191 Å². The molecule has 27 heavy (non-hydrogen) atoms. The van der Waals surface area contributed by atoms with Crippen molar-refractivity contribution >= 4 is 10.4 Å². The van der Waals surface area contributed by atoms with Crippen LogP contribution in [0.25, 0.3) is 0 Å². The van der Waals surface area contributed by atoms with Crippen molar-refractivity contribution in [3.05, 3.63) is 76.0 Å². The molecule has 9 heteroatoms. The Morgan fingerprint density at radius 1 is 0.630 bits per heavy atom. The maximum Gasteiger partial charge on any atom is 2.00 e. The molecule has 2 fully saturated rings. The van der Waals surface area contributed by atoms with E-state index in [2.05, 4.69) is 25.7 Å². The molecule has 0 aromatic rings. The second kappa shape index (κ2) is 21.7. The van der Waals surface area contributed by atoms with Gasteiger partial charge in [-0.2, -0.15) is 0 Å². The molecule has 152 valence electrons. The van der Waals surface area contributed by atoms with Gasteiger partial charge in [0.05, 0.1) is 0 Å². The molecular formula is C18H22O6Ru2S. The molecule has 12 radical (unpaired) electrons. The minimum absolute atomic E-state index is 0. The van der Waals surface area contributed by atoms with E-state index in [1.54, 1.807) is 0 Å². The average molecular weight is 569 g/mol. The number of hydrogen-bond acceptors (Lipinski definition) is 6. The molecule has 0 spiro atoms. The quantitative estimate of drug-likeness (QED) is 0.255. The first-order valence-corrected chi connectivity index (χ1v) is 9.11. The van der Waals surface area contributed by atoms with Gasteiger partial charge in [0.25, 0.3) is 0 Å². The summed E-state index contributed by atoms with van der Waals surface area (Å²) in [4.78, 5) is 0. The van der Waals surface area contributed by atoms with Gasteiger partial charge in [-0.25, -0.2) is 0 Å². The van der Waals surface area contributed by atoms with E-state index in [0.717, 1.165) is 25.7 Å². The van der Waals surface area contributed by atoms with E-state index in [1.807, 2.05) is 38.5 Å². The predicted molar refractivity (Wildman–Crippen MR) is 88.2 cm³/mol. The van der Waals surface area contributed by atoms with Crippen LogP contribution in [0.5, 0.6) is 0 Å². The molecule has 0 atom stereocenters. The molecule has 0 bridgehead atoms. The topological polar surface area (TPSA) is 126 Å². The minimum atomic E-state index is -5.17. The summed E-state index contributed by atoms with van der Waals surface area (Å²) in [6, 6.07) is 0. The monoisotopic (exact) mass is 570 g/mol. The van der Waals surface area contributed by atoms with E-state index in [-0.39, 0.29) is 52.2 Å². The summed E-state index contributed by atoms with van der Waals surface area (Å²) in [6.45, 7) is 0.0732. The van der Waals surface area contributed by atoms with Gasteiger partial charge in [0.1, 0.15) is 0 Å². The summed E-state index contributed by atoms with van der Waals surface area (Å²) in [7, 11) is -5.17. The largest absolute Gasteiger partial charge is 2.00 e. The summed E-state index contributed by atoms with van der Waals surface area (Å²) in [5, 5.41) is 20.2. The van der Waals surface area contributed by atoms with E-state index in [0.29, 0.717) is 0 Å². The van der Waals surface area contributed by atoms with E-state index in [9.17, 15) is 10.2 Å². The Morgan fingerprint density at radius 3 is 1.11 bits per heavy atom. The molecule has 2 aliphatic rings. The van der Waals surface area contributed by atoms with Crippen LogP contribution in [0, 0.1) is 76.0 Å². The second-order valence-corrected chi connectivity index (χ2v) is 5.81. The van der Waals surface area contributed by atoms with Gasteiger partial charge in [0.15, 0.2) is 0 Å². The van der Waals surface area contributed by atoms with Crippen molar-refractivity contribution in [3.8, 4) is 0 Å². The third-order valence-corrected chi connectivity index (χ3v) is 2.91. The SMILES string of the molecule is O=S(=O)([O-])[O-].[O-]CCC[C]1[CH][CH][CH][CH][CH]1.[O-]CCC[C]1[CH][CH][CH][CH][CH]1.[Ru+2].[Ru+2]. The van der Waals surface area contributed by atoms with Crippen molar-refractivity contribution in [1.82, 2.24) is 0 Å². The van der Waals surface area contributed by atoms with Gasteiger partial charge in [0, 0.05) is 10.4 Å². The predicted octanol–water partition coefficient (Wildman–Crippen LogP) is 0.130. The van der Waals surface area contributed by atoms with Crippen LogP contribution < -0.4 is 10.2 Å². The molecule has 6 nitrogen and oxygen atoms in total. The van der Waals surface area contributed by atoms with Crippen molar-refractivity contribution in [3.63, 3.8) is 0 Å². The van der Waals surface area contributed by atoms with Gasteiger partial charge in [-0.1, -0.05) is 12.8 Å². The summed E-state index contributed by atoms with van der Waals surface area (Å²) in [6.07, 6.45) is 23.5. The molecule has 0 heterocycles. The van der Waals surface area contributed by atoms with Crippen molar-refractivity contribution in [1.29, 1.82) is 0 Å². The Morgan fingerprint density at radius 2 is 0.889 bits per heavy atom. The molecule has 0 aromatic heterocycles. The van der Waals surface area contributed by atoms with Crippen molar-refractivity contribution in [2.24, 2.45) is 0 Å². The average Bonchev–Trinajstić information content (AvgIpc) is 2.59. The zero-order chi connectivity index (χ0) is 19.0. The number of rotatable bonds is 6. The zero-order valence-corrected chi connectivity index (χ0v) is 18.9. The molecule has 0 aliphatic heterocycles. The molecule has 0 aromatic carbocycles. The third kappa shape index (κ3) is 27.0. The van der Waals surface area contributed by atoms with Crippen LogP contribution in [0.2, 0.25) is 0 Å². The molecule has 2 saturated carbocycles. The summed E-state index contributed by atoms with van der Waals surface area (Å²) in [5.74, 6) is 2.52. The fourth-order valence-corrected chi connectivity index (χ4v) is 1.84. The van der Waals surface area contributed by atoms with Gasteiger partial charge < -0.3 is 19.3 Å². The van der Waals surface area contributed by atoms with Crippen LogP contribution in [-0.2, 0) is 49.4 Å². The number of hydrogen-bond donors (Lipinski definition) is 0. The molecule has 2 aliphatic carbocycles. The van der Waals surface area contributed by atoms with Gasteiger partial charge in [-0.05, 0) is 88.9 Å². The zero-order valence-electron chi connectivity index (χ0n) is 14.6. The molecule has 0 amide bonds. The van der Waals surface area contributed by atoms with Crippen molar-refractivity contribution in [2.75, 3.05) is 13.2 Å². The van der Waals surface area contributed by atoms with Gasteiger partial charge in [-0.15, -0.1) is 13.2 Å². The first-order valence-electron chi connectivity index (χ1n) is 7.77. The maximum atomic E-state index is 10.1. The van der Waals surface area contributed by atoms with E-state index >= 15 is 0 Å². The van der Waals surface area contributed by atoms with Crippen LogP contribution in [0.1, 0.15) is 25.7 Å². The van der Waals surface area contributed by atoms with Crippen LogP contribution in [0.3, 0.4) is 0 Å².